The maximum absolute atomic E-state index is 15.7. The van der Waals surface area contributed by atoms with Crippen molar-refractivity contribution in [1.29, 1.82) is 5.26 Å². The Hall–Kier alpha value is -3.97. The van der Waals surface area contributed by atoms with E-state index < -0.39 is 46.9 Å². The van der Waals surface area contributed by atoms with E-state index in [9.17, 15) is 14.9 Å². The van der Waals surface area contributed by atoms with Crippen LogP contribution in [0.4, 0.5) is 14.5 Å². The minimum Gasteiger partial charge on any atom is -0.496 e. The number of halogens is 4. The Kier molecular flexibility index (Phi) is 8.69. The van der Waals surface area contributed by atoms with Crippen molar-refractivity contribution in [3.05, 3.63) is 105 Å². The molecule has 3 aromatic carbocycles. The molecular weight excluding hydrogens is 573 g/mol. The molecule has 1 saturated heterocycles. The molecule has 0 bridgehead atoms. The highest BCUT2D eigenvalue weighted by atomic mass is 35.5. The van der Waals surface area contributed by atoms with Crippen LogP contribution in [0.5, 0.6) is 5.75 Å². The van der Waals surface area contributed by atoms with E-state index in [-0.39, 0.29) is 44.6 Å². The van der Waals surface area contributed by atoms with E-state index in [0.717, 1.165) is 6.07 Å². The van der Waals surface area contributed by atoms with Gasteiger partial charge in [0.2, 0.25) is 5.91 Å². The van der Waals surface area contributed by atoms with Gasteiger partial charge in [-0.15, -0.1) is 6.58 Å². The van der Waals surface area contributed by atoms with E-state index in [4.69, 9.17) is 33.7 Å². The van der Waals surface area contributed by atoms with Crippen molar-refractivity contribution in [3.8, 4) is 11.8 Å². The quantitative estimate of drug-likeness (QED) is 0.280. The molecule has 7 nitrogen and oxygen atoms in total. The first-order chi connectivity index (χ1) is 19.4. The molecule has 4 N–H and O–H groups in total. The number of nitrogens with zero attached hydrogens (tertiary/aromatic N) is 1. The molecule has 41 heavy (non-hydrogen) atoms. The summed E-state index contributed by atoms with van der Waals surface area (Å²) >= 11 is 12.2. The number of amides is 2. The summed E-state index contributed by atoms with van der Waals surface area (Å²) in [6.45, 7) is 5.68. The second kappa shape index (κ2) is 11.9. The number of primary amides is 1. The molecule has 0 radical (unpaired) electrons. The lowest BCUT2D eigenvalue weighted by atomic mass is 9.64. The fourth-order valence-corrected chi connectivity index (χ4v) is 5.83. The van der Waals surface area contributed by atoms with Crippen LogP contribution in [0.15, 0.2) is 66.7 Å². The number of benzene rings is 3. The molecule has 0 aromatic heterocycles. The van der Waals surface area contributed by atoms with Crippen molar-refractivity contribution < 1.29 is 23.1 Å². The van der Waals surface area contributed by atoms with Gasteiger partial charge in [0.1, 0.15) is 22.8 Å². The third-order valence-corrected chi connectivity index (χ3v) is 7.73. The maximum Gasteiger partial charge on any atom is 0.252 e. The third kappa shape index (κ3) is 5.51. The Bertz CT molecular complexity index is 1590. The summed E-state index contributed by atoms with van der Waals surface area (Å²) in [7, 11) is 1.34. The Balaban J connectivity index is 1.92. The number of nitriles is 1. The molecule has 4 rings (SSSR count). The Morgan fingerprint density at radius 3 is 2.54 bits per heavy atom. The number of carbonyl (C=O) groups is 2. The lowest BCUT2D eigenvalue weighted by molar-refractivity contribution is -0.118. The zero-order chi connectivity index (χ0) is 30.1. The minimum atomic E-state index is -1.80. The molecule has 1 heterocycles. The van der Waals surface area contributed by atoms with Gasteiger partial charge in [-0.2, -0.15) is 5.26 Å². The fraction of sp³-hybridized carbons (Fsp3) is 0.233. The molecule has 0 saturated carbocycles. The molecule has 1 aliphatic rings. The summed E-state index contributed by atoms with van der Waals surface area (Å²) in [5.41, 5.74) is 4.48. The number of carbonyl (C=O) groups excluding carboxylic acids is 2. The number of hydrogen-bond donors (Lipinski definition) is 3. The van der Waals surface area contributed by atoms with Crippen LogP contribution in [0.3, 0.4) is 0 Å². The molecule has 212 valence electrons. The van der Waals surface area contributed by atoms with Crippen LogP contribution >= 0.6 is 23.2 Å². The molecule has 1 aliphatic heterocycles. The molecule has 4 atom stereocenters. The van der Waals surface area contributed by atoms with Gasteiger partial charge in [-0.1, -0.05) is 47.0 Å². The van der Waals surface area contributed by atoms with Crippen molar-refractivity contribution in [2.45, 2.75) is 36.8 Å². The van der Waals surface area contributed by atoms with Crippen LogP contribution in [-0.2, 0) is 10.2 Å². The molecular formula is C30H26Cl2F2N4O3. The van der Waals surface area contributed by atoms with E-state index in [1.54, 1.807) is 6.92 Å². The SMILES string of the molecule is C=C(C)C[C@@H]1N[C@@H](C(=O)Nc2ccc(C(N)=O)c(OC)c2)[C@H](c2cccc(Cl)c2F)[C@@]1(C#N)c1ccc(Cl)cc1F. The second-order valence-corrected chi connectivity index (χ2v) is 10.7. The predicted octanol–water partition coefficient (Wildman–Crippen LogP) is 5.87. The number of methoxy groups -OCH3 is 1. The largest absolute Gasteiger partial charge is 0.496 e. The molecule has 1 fully saturated rings. The monoisotopic (exact) mass is 598 g/mol. The summed E-state index contributed by atoms with van der Waals surface area (Å²) in [5.74, 6) is -4.12. The average molecular weight is 599 g/mol. The first-order valence-electron chi connectivity index (χ1n) is 12.4. The topological polar surface area (TPSA) is 117 Å². The van der Waals surface area contributed by atoms with Crippen molar-refractivity contribution in [3.63, 3.8) is 0 Å². The lowest BCUT2D eigenvalue weighted by Crippen LogP contribution is -2.43. The van der Waals surface area contributed by atoms with Crippen LogP contribution in [0.1, 0.15) is 40.7 Å². The predicted molar refractivity (Wildman–Crippen MR) is 153 cm³/mol. The summed E-state index contributed by atoms with van der Waals surface area (Å²) in [4.78, 5) is 25.6. The van der Waals surface area contributed by atoms with Crippen molar-refractivity contribution >= 4 is 40.7 Å². The van der Waals surface area contributed by atoms with Crippen molar-refractivity contribution in [2.75, 3.05) is 12.4 Å². The molecule has 0 unspecified atom stereocenters. The lowest BCUT2D eigenvalue weighted by Gasteiger charge is -2.35. The number of rotatable bonds is 8. The van der Waals surface area contributed by atoms with Gasteiger partial charge < -0.3 is 21.1 Å². The van der Waals surface area contributed by atoms with Crippen LogP contribution in [0.25, 0.3) is 0 Å². The number of hydrogen-bond acceptors (Lipinski definition) is 5. The van der Waals surface area contributed by atoms with Crippen LogP contribution in [0, 0.1) is 23.0 Å². The summed E-state index contributed by atoms with van der Waals surface area (Å²) in [6.07, 6.45) is 0.166. The van der Waals surface area contributed by atoms with Crippen LogP contribution in [0.2, 0.25) is 10.0 Å². The number of nitrogens with two attached hydrogens (primary N) is 1. The van der Waals surface area contributed by atoms with Gasteiger partial charge in [0, 0.05) is 34.3 Å². The average Bonchev–Trinajstić information content (AvgIpc) is 3.23. The van der Waals surface area contributed by atoms with E-state index in [1.807, 2.05) is 0 Å². The first kappa shape index (κ1) is 30.0. The normalized spacial score (nSPS) is 21.6. The number of nitrogens with one attached hydrogen (secondary N) is 2. The summed E-state index contributed by atoms with van der Waals surface area (Å²) in [6, 6.07) is 12.5. The maximum atomic E-state index is 15.7. The first-order valence-corrected chi connectivity index (χ1v) is 13.2. The fourth-order valence-electron chi connectivity index (χ4n) is 5.49. The van der Waals surface area contributed by atoms with E-state index >= 15 is 8.78 Å². The summed E-state index contributed by atoms with van der Waals surface area (Å²) < 4.78 is 36.5. The van der Waals surface area contributed by atoms with Crippen LogP contribution in [-0.4, -0.2) is 31.0 Å². The van der Waals surface area contributed by atoms with Gasteiger partial charge in [-0.3, -0.25) is 9.59 Å². The molecule has 3 aromatic rings. The second-order valence-electron chi connectivity index (χ2n) is 9.85. The van der Waals surface area contributed by atoms with Gasteiger partial charge in [-0.05, 0) is 49.2 Å². The number of ether oxygens (including phenoxy) is 1. The van der Waals surface area contributed by atoms with E-state index in [2.05, 4.69) is 23.3 Å². The van der Waals surface area contributed by atoms with Crippen LogP contribution < -0.4 is 21.1 Å². The summed E-state index contributed by atoms with van der Waals surface area (Å²) in [5, 5.41) is 16.6. The van der Waals surface area contributed by atoms with E-state index in [0.29, 0.717) is 5.57 Å². The Morgan fingerprint density at radius 1 is 1.20 bits per heavy atom. The smallest absolute Gasteiger partial charge is 0.252 e. The zero-order valence-corrected chi connectivity index (χ0v) is 23.6. The van der Waals surface area contributed by atoms with Crippen molar-refractivity contribution in [1.82, 2.24) is 5.32 Å². The highest BCUT2D eigenvalue weighted by molar-refractivity contribution is 6.31. The molecule has 2 amide bonds. The molecule has 0 aliphatic carbocycles. The third-order valence-electron chi connectivity index (χ3n) is 7.20. The van der Waals surface area contributed by atoms with Gasteiger partial charge in [-0.25, -0.2) is 8.78 Å². The Morgan fingerprint density at radius 2 is 1.93 bits per heavy atom. The Labute approximate surface area is 245 Å². The number of anilines is 1. The standard InChI is InChI=1S/C30H26Cl2F2N4O3/c1-15(2)11-24-30(14-35,20-10-7-16(31)12-22(20)33)25(19-5-4-6-21(32)26(19)34)27(38-24)29(40)37-17-8-9-18(28(36)39)23(13-17)41-3/h4-10,12-13,24-25,27,38H,1,11H2,2-3H3,(H2,36,39)(H,37,40)/t24-,25-,27+,30-/m0/s1. The van der Waals surface area contributed by atoms with Gasteiger partial charge >= 0.3 is 0 Å². The zero-order valence-electron chi connectivity index (χ0n) is 22.1. The highest BCUT2D eigenvalue weighted by Crippen LogP contribution is 2.52. The van der Waals surface area contributed by atoms with Crippen molar-refractivity contribution in [2.24, 2.45) is 5.73 Å². The molecule has 11 heteroatoms. The highest BCUT2D eigenvalue weighted by Gasteiger charge is 2.60. The van der Waals surface area contributed by atoms with Gasteiger partial charge in [0.25, 0.3) is 5.91 Å². The molecule has 0 spiro atoms. The van der Waals surface area contributed by atoms with E-state index in [1.165, 1.54) is 55.6 Å². The van der Waals surface area contributed by atoms with Gasteiger partial charge in [0.05, 0.1) is 29.8 Å². The minimum absolute atomic E-state index is 0.0491. The van der Waals surface area contributed by atoms with Gasteiger partial charge in [0.15, 0.2) is 0 Å².